The first-order valence-corrected chi connectivity index (χ1v) is 10.7. The third kappa shape index (κ3) is 4.10. The largest absolute Gasteiger partial charge is 0.354 e. The number of rotatable bonds is 6. The van der Waals surface area contributed by atoms with Gasteiger partial charge in [-0.05, 0) is 51.0 Å². The fourth-order valence-electron chi connectivity index (χ4n) is 3.40. The molecule has 0 atom stereocenters. The van der Waals surface area contributed by atoms with Gasteiger partial charge in [-0.3, -0.25) is 4.79 Å². The first-order chi connectivity index (χ1) is 12.4. The molecule has 1 aromatic carbocycles. The van der Waals surface area contributed by atoms with E-state index in [0.717, 1.165) is 30.2 Å². The Labute approximate surface area is 155 Å². The number of benzene rings is 1. The van der Waals surface area contributed by atoms with E-state index < -0.39 is 10.0 Å². The number of hydrogen-bond donors (Lipinski definition) is 1. The smallest absolute Gasteiger partial charge is 0.243 e. The van der Waals surface area contributed by atoms with Gasteiger partial charge in [-0.2, -0.15) is 4.31 Å². The minimum atomic E-state index is -3.42. The second-order valence-electron chi connectivity index (χ2n) is 7.17. The Morgan fingerprint density at radius 2 is 1.88 bits per heavy atom. The molecule has 26 heavy (non-hydrogen) atoms. The Balaban J connectivity index is 1.77. The summed E-state index contributed by atoms with van der Waals surface area (Å²) >= 11 is 0. The number of fused-ring (bicyclic) bond motifs is 1. The van der Waals surface area contributed by atoms with Crippen LogP contribution in [0.2, 0.25) is 0 Å². The van der Waals surface area contributed by atoms with Gasteiger partial charge in [0, 0.05) is 49.2 Å². The van der Waals surface area contributed by atoms with Crippen LogP contribution in [0.1, 0.15) is 39.5 Å². The highest BCUT2D eigenvalue weighted by molar-refractivity contribution is 7.89. The highest BCUT2D eigenvalue weighted by Crippen LogP contribution is 2.25. The third-order valence-corrected chi connectivity index (χ3v) is 6.62. The van der Waals surface area contributed by atoms with Gasteiger partial charge in [0.05, 0.1) is 4.90 Å². The lowest BCUT2D eigenvalue weighted by molar-refractivity contribution is -0.121. The Bertz CT molecular complexity index is 881. The number of aryl methyl sites for hydroxylation is 1. The zero-order chi connectivity index (χ0) is 18.7. The number of nitrogens with zero attached hydrogens (tertiary/aromatic N) is 2. The summed E-state index contributed by atoms with van der Waals surface area (Å²) in [6.45, 7) is 5.65. The van der Waals surface area contributed by atoms with E-state index in [1.807, 2.05) is 36.7 Å². The molecule has 1 aromatic heterocycles. The van der Waals surface area contributed by atoms with Gasteiger partial charge >= 0.3 is 0 Å². The van der Waals surface area contributed by atoms with Gasteiger partial charge < -0.3 is 9.88 Å². The molecule has 1 aliphatic heterocycles. The highest BCUT2D eigenvalue weighted by Gasteiger charge is 2.26. The average molecular weight is 378 g/mol. The fraction of sp³-hybridized carbons (Fsp3) is 0.526. The molecule has 2 aromatic rings. The molecule has 2 heterocycles. The zero-order valence-corrected chi connectivity index (χ0v) is 16.3. The molecule has 1 N–H and O–H groups in total. The van der Waals surface area contributed by atoms with Crippen molar-refractivity contribution in [2.75, 3.05) is 13.1 Å². The van der Waals surface area contributed by atoms with Crippen LogP contribution in [-0.4, -0.2) is 42.3 Å². The van der Waals surface area contributed by atoms with Crippen LogP contribution in [0, 0.1) is 0 Å². The first kappa shape index (κ1) is 18.9. The average Bonchev–Trinajstić information content (AvgIpc) is 3.02. The second-order valence-corrected chi connectivity index (χ2v) is 9.10. The van der Waals surface area contributed by atoms with Crippen molar-refractivity contribution in [2.45, 2.75) is 57.0 Å². The van der Waals surface area contributed by atoms with E-state index in [1.165, 1.54) is 0 Å². The topological polar surface area (TPSA) is 71.4 Å². The van der Waals surface area contributed by atoms with Gasteiger partial charge in [0.2, 0.25) is 15.9 Å². The number of carbonyl (C=O) groups excluding carboxylic acids is 1. The molecule has 1 aliphatic rings. The van der Waals surface area contributed by atoms with Crippen molar-refractivity contribution in [1.82, 2.24) is 14.2 Å². The van der Waals surface area contributed by atoms with Crippen LogP contribution >= 0.6 is 0 Å². The van der Waals surface area contributed by atoms with Gasteiger partial charge in [-0.1, -0.05) is 6.42 Å². The maximum Gasteiger partial charge on any atom is 0.243 e. The van der Waals surface area contributed by atoms with Crippen LogP contribution in [0.15, 0.2) is 35.4 Å². The van der Waals surface area contributed by atoms with Gasteiger partial charge in [0.1, 0.15) is 0 Å². The fourth-order valence-corrected chi connectivity index (χ4v) is 4.96. The van der Waals surface area contributed by atoms with Crippen molar-refractivity contribution in [3.63, 3.8) is 0 Å². The van der Waals surface area contributed by atoms with Crippen molar-refractivity contribution < 1.29 is 13.2 Å². The van der Waals surface area contributed by atoms with Crippen molar-refractivity contribution in [1.29, 1.82) is 0 Å². The minimum absolute atomic E-state index is 0.0196. The number of piperidine rings is 1. The molecule has 1 saturated heterocycles. The molecule has 0 aliphatic carbocycles. The standard InChI is InChI=1S/C19H27N3O3S/c1-15(2)20-19(23)9-13-21-12-8-16-14-17(6-7-18(16)21)26(24,25)22-10-4-3-5-11-22/h6-8,12,14-15H,3-5,9-11,13H2,1-2H3,(H,20,23). The van der Waals surface area contributed by atoms with Crippen LogP contribution in [-0.2, 0) is 21.4 Å². The molecule has 0 unspecified atom stereocenters. The number of nitrogens with one attached hydrogen (secondary N) is 1. The molecule has 7 heteroatoms. The molecule has 142 valence electrons. The van der Waals surface area contributed by atoms with Gasteiger partial charge in [-0.15, -0.1) is 0 Å². The highest BCUT2D eigenvalue weighted by atomic mass is 32.2. The zero-order valence-electron chi connectivity index (χ0n) is 15.4. The third-order valence-electron chi connectivity index (χ3n) is 4.72. The number of aromatic nitrogens is 1. The van der Waals surface area contributed by atoms with Crippen LogP contribution < -0.4 is 5.32 Å². The number of carbonyl (C=O) groups is 1. The summed E-state index contributed by atoms with van der Waals surface area (Å²) in [6, 6.07) is 7.30. The molecule has 0 saturated carbocycles. The van der Waals surface area contributed by atoms with Crippen LogP contribution in [0.3, 0.4) is 0 Å². The second kappa shape index (κ2) is 7.80. The van der Waals surface area contributed by atoms with Crippen LogP contribution in [0.4, 0.5) is 0 Å². The molecule has 0 spiro atoms. The van der Waals surface area contributed by atoms with E-state index >= 15 is 0 Å². The predicted octanol–water partition coefficient (Wildman–Crippen LogP) is 2.73. The summed E-state index contributed by atoms with van der Waals surface area (Å²) in [5, 5.41) is 3.76. The molecule has 1 amide bonds. The quantitative estimate of drug-likeness (QED) is 0.841. The van der Waals surface area contributed by atoms with Gasteiger partial charge in [-0.25, -0.2) is 8.42 Å². The summed E-state index contributed by atoms with van der Waals surface area (Å²) < 4.78 is 29.2. The molecule has 0 bridgehead atoms. The molecule has 0 radical (unpaired) electrons. The summed E-state index contributed by atoms with van der Waals surface area (Å²) in [6.07, 6.45) is 5.26. The normalized spacial score (nSPS) is 16.3. The maximum atomic E-state index is 12.8. The van der Waals surface area contributed by atoms with Gasteiger partial charge in [0.15, 0.2) is 0 Å². The summed E-state index contributed by atoms with van der Waals surface area (Å²) in [5.74, 6) is 0.0196. The van der Waals surface area contributed by atoms with E-state index in [1.54, 1.807) is 16.4 Å². The predicted molar refractivity (Wildman–Crippen MR) is 102 cm³/mol. The minimum Gasteiger partial charge on any atom is -0.354 e. The summed E-state index contributed by atoms with van der Waals surface area (Å²) in [4.78, 5) is 12.2. The summed E-state index contributed by atoms with van der Waals surface area (Å²) in [7, 11) is -3.42. The van der Waals surface area contributed by atoms with Crippen molar-refractivity contribution in [2.24, 2.45) is 0 Å². The van der Waals surface area contributed by atoms with Crippen molar-refractivity contribution in [3.8, 4) is 0 Å². The number of hydrogen-bond acceptors (Lipinski definition) is 3. The lowest BCUT2D eigenvalue weighted by Gasteiger charge is -2.25. The lowest BCUT2D eigenvalue weighted by Crippen LogP contribution is -2.35. The van der Waals surface area contributed by atoms with Crippen molar-refractivity contribution >= 4 is 26.8 Å². The molecule has 1 fully saturated rings. The van der Waals surface area contributed by atoms with E-state index in [-0.39, 0.29) is 11.9 Å². The molecule has 6 nitrogen and oxygen atoms in total. The Kier molecular flexibility index (Phi) is 5.67. The molecule has 3 rings (SSSR count). The first-order valence-electron chi connectivity index (χ1n) is 9.26. The van der Waals surface area contributed by atoms with E-state index in [4.69, 9.17) is 0 Å². The van der Waals surface area contributed by atoms with Crippen LogP contribution in [0.25, 0.3) is 10.9 Å². The molecular weight excluding hydrogens is 350 g/mol. The Morgan fingerprint density at radius 1 is 1.15 bits per heavy atom. The van der Waals surface area contributed by atoms with E-state index in [2.05, 4.69) is 5.32 Å². The Hall–Kier alpha value is -1.86. The Morgan fingerprint density at radius 3 is 2.58 bits per heavy atom. The SMILES string of the molecule is CC(C)NC(=O)CCn1ccc2cc(S(=O)(=O)N3CCCCC3)ccc21. The van der Waals surface area contributed by atoms with Crippen LogP contribution in [0.5, 0.6) is 0 Å². The number of amides is 1. The van der Waals surface area contributed by atoms with E-state index in [9.17, 15) is 13.2 Å². The van der Waals surface area contributed by atoms with E-state index in [0.29, 0.717) is 31.0 Å². The maximum absolute atomic E-state index is 12.8. The van der Waals surface area contributed by atoms with Crippen molar-refractivity contribution in [3.05, 3.63) is 30.5 Å². The number of sulfonamides is 1. The van der Waals surface area contributed by atoms with Gasteiger partial charge in [0.25, 0.3) is 0 Å². The molecular formula is C19H27N3O3S. The monoisotopic (exact) mass is 377 g/mol. The summed E-state index contributed by atoms with van der Waals surface area (Å²) in [5.41, 5.74) is 0.944. The lowest BCUT2D eigenvalue weighted by atomic mass is 10.2.